The third kappa shape index (κ3) is 5.07. The third-order valence-electron chi connectivity index (χ3n) is 3.29. The van der Waals surface area contributed by atoms with Crippen LogP contribution in [0.3, 0.4) is 0 Å². The molecule has 0 aliphatic heterocycles. The van der Waals surface area contributed by atoms with Crippen LogP contribution in [-0.2, 0) is 16.1 Å². The molecule has 1 aromatic heterocycles. The van der Waals surface area contributed by atoms with Gasteiger partial charge in [-0.05, 0) is 26.0 Å². The normalized spacial score (nSPS) is 11.7. The molecule has 23 heavy (non-hydrogen) atoms. The molecule has 0 bridgehead atoms. The number of fused-ring (bicyclic) bond motifs is 1. The maximum Gasteiger partial charge on any atom is 0.239 e. The Morgan fingerprint density at radius 3 is 2.61 bits per heavy atom. The fraction of sp³-hybridized carbons (Fsp3) is 0.467. The second-order valence-corrected chi connectivity index (χ2v) is 5.26. The molecule has 1 aromatic carbocycles. The molecule has 1 atom stereocenters. The molecule has 2 aromatic rings. The Kier molecular flexibility index (Phi) is 9.16. The number of para-hydroxylation sites is 2. The highest BCUT2D eigenvalue weighted by Gasteiger charge is 2.16. The lowest BCUT2D eigenvalue weighted by molar-refractivity contribution is -0.123. The Balaban J connectivity index is 0.00000242. The van der Waals surface area contributed by atoms with Crippen LogP contribution < -0.4 is 11.1 Å². The topological polar surface area (TPSA) is 82.2 Å². The Hall–Kier alpha value is -1.34. The molecule has 8 heteroatoms. The smallest absolute Gasteiger partial charge is 0.239 e. The van der Waals surface area contributed by atoms with Gasteiger partial charge in [-0.1, -0.05) is 12.1 Å². The fourth-order valence-electron chi connectivity index (χ4n) is 2.35. The monoisotopic (exact) mass is 362 g/mol. The lowest BCUT2D eigenvalue weighted by atomic mass is 10.3. The van der Waals surface area contributed by atoms with Gasteiger partial charge < -0.3 is 20.4 Å². The summed E-state index contributed by atoms with van der Waals surface area (Å²) in [7, 11) is 1.52. The highest BCUT2D eigenvalue weighted by molar-refractivity contribution is 5.85. The first-order valence-electron chi connectivity index (χ1n) is 7.02. The standard InChI is InChI=1S/C15H22N4O2.2ClH/c1-10(2)19-13-7-5-4-6-12(13)18-14(19)8-17-15(20)11(16)9-21-3;;/h4-7,10-11H,8-9,16H2,1-3H3,(H,17,20);2*1H. The van der Waals surface area contributed by atoms with Crippen molar-refractivity contribution in [3.8, 4) is 0 Å². The molecule has 3 N–H and O–H groups in total. The molecule has 0 aliphatic rings. The van der Waals surface area contributed by atoms with Gasteiger partial charge in [-0.2, -0.15) is 0 Å². The molecule has 1 unspecified atom stereocenters. The molecule has 0 radical (unpaired) electrons. The number of rotatable bonds is 6. The number of halogens is 2. The van der Waals surface area contributed by atoms with Crippen molar-refractivity contribution in [2.45, 2.75) is 32.5 Å². The van der Waals surface area contributed by atoms with Gasteiger partial charge in [0.15, 0.2) is 0 Å². The summed E-state index contributed by atoms with van der Waals surface area (Å²) >= 11 is 0. The van der Waals surface area contributed by atoms with Gasteiger partial charge in [0.1, 0.15) is 11.9 Å². The second-order valence-electron chi connectivity index (χ2n) is 5.26. The SMILES string of the molecule is COCC(N)C(=O)NCc1nc2ccccc2n1C(C)C.Cl.Cl. The Morgan fingerprint density at radius 2 is 2.00 bits per heavy atom. The minimum Gasteiger partial charge on any atom is -0.383 e. The lowest BCUT2D eigenvalue weighted by Crippen LogP contribution is -2.43. The summed E-state index contributed by atoms with van der Waals surface area (Å²) in [6, 6.07) is 7.54. The summed E-state index contributed by atoms with van der Waals surface area (Å²) in [5.41, 5.74) is 7.70. The summed E-state index contributed by atoms with van der Waals surface area (Å²) in [5, 5.41) is 2.81. The van der Waals surface area contributed by atoms with Gasteiger partial charge in [0.2, 0.25) is 5.91 Å². The van der Waals surface area contributed by atoms with Gasteiger partial charge in [-0.15, -0.1) is 24.8 Å². The van der Waals surface area contributed by atoms with Crippen molar-refractivity contribution in [3.05, 3.63) is 30.1 Å². The van der Waals surface area contributed by atoms with Crippen molar-refractivity contribution in [2.75, 3.05) is 13.7 Å². The highest BCUT2D eigenvalue weighted by Crippen LogP contribution is 2.20. The van der Waals surface area contributed by atoms with E-state index in [9.17, 15) is 4.79 Å². The summed E-state index contributed by atoms with van der Waals surface area (Å²) < 4.78 is 7.00. The molecular formula is C15H24Cl2N4O2. The van der Waals surface area contributed by atoms with E-state index in [4.69, 9.17) is 10.5 Å². The lowest BCUT2D eigenvalue weighted by Gasteiger charge is -2.15. The van der Waals surface area contributed by atoms with Crippen LogP contribution in [0.1, 0.15) is 25.7 Å². The van der Waals surface area contributed by atoms with Gasteiger partial charge in [-0.25, -0.2) is 4.98 Å². The molecular weight excluding hydrogens is 339 g/mol. The van der Waals surface area contributed by atoms with Crippen LogP contribution in [0.15, 0.2) is 24.3 Å². The highest BCUT2D eigenvalue weighted by atomic mass is 35.5. The molecule has 6 nitrogen and oxygen atoms in total. The van der Waals surface area contributed by atoms with E-state index >= 15 is 0 Å². The van der Waals surface area contributed by atoms with E-state index in [-0.39, 0.29) is 43.4 Å². The van der Waals surface area contributed by atoms with E-state index in [1.807, 2.05) is 24.3 Å². The molecule has 0 aliphatic carbocycles. The average molecular weight is 363 g/mol. The average Bonchev–Trinajstić information content (AvgIpc) is 2.83. The number of amides is 1. The largest absolute Gasteiger partial charge is 0.383 e. The predicted molar refractivity (Wildman–Crippen MR) is 96.3 cm³/mol. The number of benzene rings is 1. The van der Waals surface area contributed by atoms with Gasteiger partial charge in [-0.3, -0.25) is 4.79 Å². The molecule has 1 heterocycles. The Labute approximate surface area is 148 Å². The van der Waals surface area contributed by atoms with Gasteiger partial charge in [0, 0.05) is 13.2 Å². The molecule has 0 saturated carbocycles. The Bertz CT molecular complexity index is 631. The minimum atomic E-state index is -0.660. The summed E-state index contributed by atoms with van der Waals surface area (Å²) in [4.78, 5) is 16.4. The minimum absolute atomic E-state index is 0. The van der Waals surface area contributed by atoms with Crippen LogP contribution in [-0.4, -0.2) is 35.2 Å². The number of nitrogens with two attached hydrogens (primary N) is 1. The summed E-state index contributed by atoms with van der Waals surface area (Å²) in [6.45, 7) is 4.74. The number of imidazole rings is 1. The van der Waals surface area contributed by atoms with Crippen molar-refractivity contribution in [1.29, 1.82) is 0 Å². The number of carbonyl (C=O) groups excluding carboxylic acids is 1. The van der Waals surface area contributed by atoms with E-state index in [2.05, 4.69) is 28.7 Å². The first-order chi connectivity index (χ1) is 10.0. The maximum absolute atomic E-state index is 11.8. The second kappa shape index (κ2) is 9.72. The first kappa shape index (κ1) is 21.7. The zero-order valence-electron chi connectivity index (χ0n) is 13.5. The van der Waals surface area contributed by atoms with E-state index in [0.717, 1.165) is 16.9 Å². The quantitative estimate of drug-likeness (QED) is 0.823. The summed E-state index contributed by atoms with van der Waals surface area (Å²) in [5.74, 6) is 0.586. The fourth-order valence-corrected chi connectivity index (χ4v) is 2.35. The number of carbonyl (C=O) groups is 1. The van der Waals surface area contributed by atoms with E-state index in [0.29, 0.717) is 6.54 Å². The maximum atomic E-state index is 11.8. The molecule has 0 spiro atoms. The molecule has 1 amide bonds. The van der Waals surface area contributed by atoms with E-state index in [1.165, 1.54) is 7.11 Å². The van der Waals surface area contributed by atoms with Crippen molar-refractivity contribution in [2.24, 2.45) is 5.73 Å². The number of hydrogen-bond donors (Lipinski definition) is 2. The van der Waals surface area contributed by atoms with Crippen molar-refractivity contribution in [1.82, 2.24) is 14.9 Å². The van der Waals surface area contributed by atoms with Crippen LogP contribution in [0.5, 0.6) is 0 Å². The van der Waals surface area contributed by atoms with Gasteiger partial charge >= 0.3 is 0 Å². The van der Waals surface area contributed by atoms with Crippen molar-refractivity contribution in [3.63, 3.8) is 0 Å². The van der Waals surface area contributed by atoms with Crippen LogP contribution in [0.2, 0.25) is 0 Å². The Morgan fingerprint density at radius 1 is 1.35 bits per heavy atom. The number of methoxy groups -OCH3 is 1. The third-order valence-corrected chi connectivity index (χ3v) is 3.29. The van der Waals surface area contributed by atoms with Crippen LogP contribution in [0, 0.1) is 0 Å². The van der Waals surface area contributed by atoms with Crippen LogP contribution >= 0.6 is 24.8 Å². The van der Waals surface area contributed by atoms with Crippen molar-refractivity contribution < 1.29 is 9.53 Å². The van der Waals surface area contributed by atoms with E-state index < -0.39 is 6.04 Å². The number of aromatic nitrogens is 2. The first-order valence-corrected chi connectivity index (χ1v) is 7.02. The molecule has 2 rings (SSSR count). The van der Waals surface area contributed by atoms with Crippen LogP contribution in [0.4, 0.5) is 0 Å². The number of nitrogens with one attached hydrogen (secondary N) is 1. The van der Waals surface area contributed by atoms with Crippen molar-refractivity contribution >= 4 is 41.8 Å². The zero-order valence-corrected chi connectivity index (χ0v) is 15.1. The molecule has 130 valence electrons. The number of nitrogens with zero attached hydrogens (tertiary/aromatic N) is 2. The number of ether oxygens (including phenoxy) is 1. The number of hydrogen-bond acceptors (Lipinski definition) is 4. The zero-order chi connectivity index (χ0) is 15.4. The van der Waals surface area contributed by atoms with Gasteiger partial charge in [0.25, 0.3) is 0 Å². The predicted octanol–water partition coefficient (Wildman–Crippen LogP) is 2.05. The summed E-state index contributed by atoms with van der Waals surface area (Å²) in [6.07, 6.45) is 0. The van der Waals surface area contributed by atoms with Crippen LogP contribution in [0.25, 0.3) is 11.0 Å². The van der Waals surface area contributed by atoms with Gasteiger partial charge in [0.05, 0.1) is 24.2 Å². The molecule has 0 fully saturated rings. The van der Waals surface area contributed by atoms with E-state index in [1.54, 1.807) is 0 Å². The molecule has 0 saturated heterocycles.